The second kappa shape index (κ2) is 7.44. The van der Waals surface area contributed by atoms with E-state index < -0.39 is 0 Å². The van der Waals surface area contributed by atoms with Crippen LogP contribution < -0.4 is 10.1 Å². The summed E-state index contributed by atoms with van der Waals surface area (Å²) in [5, 5.41) is 3.38. The van der Waals surface area contributed by atoms with Gasteiger partial charge in [-0.15, -0.1) is 0 Å². The van der Waals surface area contributed by atoms with E-state index in [-0.39, 0.29) is 6.10 Å². The number of hydrogen-bond acceptors (Lipinski definition) is 3. The lowest BCUT2D eigenvalue weighted by molar-refractivity contribution is 0.242. The highest BCUT2D eigenvalue weighted by atomic mass is 32.2. The third-order valence-corrected chi connectivity index (χ3v) is 2.91. The van der Waals surface area contributed by atoms with E-state index in [9.17, 15) is 0 Å². The molecule has 0 saturated heterocycles. The van der Waals surface area contributed by atoms with E-state index in [2.05, 4.69) is 24.4 Å². The van der Waals surface area contributed by atoms with Crippen molar-refractivity contribution in [2.75, 3.05) is 23.4 Å². The lowest BCUT2D eigenvalue weighted by Gasteiger charge is -2.10. The van der Waals surface area contributed by atoms with Crippen molar-refractivity contribution < 1.29 is 4.74 Å². The molecule has 2 nitrogen and oxygen atoms in total. The lowest BCUT2D eigenvalue weighted by Crippen LogP contribution is -2.06. The summed E-state index contributed by atoms with van der Waals surface area (Å²) in [6, 6.07) is 8.15. The topological polar surface area (TPSA) is 21.3 Å². The van der Waals surface area contributed by atoms with E-state index in [0.29, 0.717) is 0 Å². The molecule has 0 spiro atoms. The van der Waals surface area contributed by atoms with Gasteiger partial charge in [0, 0.05) is 18.0 Å². The smallest absolute Gasteiger partial charge is 0.119 e. The van der Waals surface area contributed by atoms with Crippen LogP contribution in [0.15, 0.2) is 24.3 Å². The Kier molecular flexibility index (Phi) is 6.16. The first-order chi connectivity index (χ1) is 7.72. The molecule has 0 unspecified atom stereocenters. The lowest BCUT2D eigenvalue weighted by atomic mass is 10.3. The average molecular weight is 239 g/mol. The first-order valence-electron chi connectivity index (χ1n) is 5.80. The van der Waals surface area contributed by atoms with Crippen LogP contribution in [-0.4, -0.2) is 24.2 Å². The molecule has 0 amide bonds. The molecule has 1 aromatic carbocycles. The molecule has 3 heteroatoms. The molecule has 0 saturated carbocycles. The van der Waals surface area contributed by atoms with Crippen molar-refractivity contribution in [2.45, 2.75) is 26.9 Å². The Bertz CT molecular complexity index is 284. The van der Waals surface area contributed by atoms with E-state index >= 15 is 0 Å². The third kappa shape index (κ3) is 5.31. The summed E-state index contributed by atoms with van der Waals surface area (Å²) in [5.41, 5.74) is 1.16. The van der Waals surface area contributed by atoms with Gasteiger partial charge in [-0.05, 0) is 43.9 Å². The zero-order valence-electron chi connectivity index (χ0n) is 10.3. The van der Waals surface area contributed by atoms with Gasteiger partial charge in [0.1, 0.15) is 5.75 Å². The van der Waals surface area contributed by atoms with Crippen LogP contribution in [0.5, 0.6) is 5.75 Å². The molecular weight excluding hydrogens is 218 g/mol. The van der Waals surface area contributed by atoms with E-state index in [1.165, 1.54) is 5.75 Å². The second-order valence-electron chi connectivity index (χ2n) is 3.81. The number of hydrogen-bond donors (Lipinski definition) is 1. The maximum atomic E-state index is 5.58. The van der Waals surface area contributed by atoms with Gasteiger partial charge < -0.3 is 10.1 Å². The minimum absolute atomic E-state index is 0.236. The predicted octanol–water partition coefficient (Wildman–Crippen LogP) is 3.64. The Hall–Kier alpha value is -0.830. The zero-order chi connectivity index (χ0) is 11.8. The predicted molar refractivity (Wildman–Crippen MR) is 73.7 cm³/mol. The van der Waals surface area contributed by atoms with Gasteiger partial charge in [-0.2, -0.15) is 11.8 Å². The van der Waals surface area contributed by atoms with Crippen LogP contribution in [0, 0.1) is 0 Å². The Morgan fingerprint density at radius 2 is 1.94 bits per heavy atom. The molecule has 1 rings (SSSR count). The third-order valence-electron chi connectivity index (χ3n) is 2.01. The van der Waals surface area contributed by atoms with Crippen molar-refractivity contribution in [3.63, 3.8) is 0 Å². The Balaban J connectivity index is 2.33. The highest BCUT2D eigenvalue weighted by Crippen LogP contribution is 2.16. The summed E-state index contributed by atoms with van der Waals surface area (Å²) in [7, 11) is 0. The molecule has 0 radical (unpaired) electrons. The van der Waals surface area contributed by atoms with Crippen LogP contribution in [0.1, 0.15) is 20.8 Å². The van der Waals surface area contributed by atoms with Gasteiger partial charge in [0.2, 0.25) is 0 Å². The molecule has 0 atom stereocenters. The minimum Gasteiger partial charge on any atom is -0.491 e. The van der Waals surface area contributed by atoms with Gasteiger partial charge in [-0.3, -0.25) is 0 Å². The average Bonchev–Trinajstić information content (AvgIpc) is 2.26. The first-order valence-corrected chi connectivity index (χ1v) is 6.96. The minimum atomic E-state index is 0.236. The molecule has 1 aromatic rings. The van der Waals surface area contributed by atoms with Crippen molar-refractivity contribution in [3.8, 4) is 5.75 Å². The number of thioether (sulfide) groups is 1. The number of benzene rings is 1. The number of nitrogens with one attached hydrogen (secondary N) is 1. The van der Waals surface area contributed by atoms with Crippen LogP contribution in [0.4, 0.5) is 5.69 Å². The summed E-state index contributed by atoms with van der Waals surface area (Å²) in [6.45, 7) is 7.27. The van der Waals surface area contributed by atoms with E-state index in [1.807, 2.05) is 37.7 Å². The Morgan fingerprint density at radius 3 is 2.50 bits per heavy atom. The van der Waals surface area contributed by atoms with E-state index in [4.69, 9.17) is 4.74 Å². The van der Waals surface area contributed by atoms with Gasteiger partial charge in [-0.25, -0.2) is 0 Å². The van der Waals surface area contributed by atoms with Crippen molar-refractivity contribution in [1.82, 2.24) is 0 Å². The van der Waals surface area contributed by atoms with E-state index in [0.717, 1.165) is 23.7 Å². The largest absolute Gasteiger partial charge is 0.491 e. The van der Waals surface area contributed by atoms with Gasteiger partial charge >= 0.3 is 0 Å². The van der Waals surface area contributed by atoms with Crippen LogP contribution in [0.2, 0.25) is 0 Å². The van der Waals surface area contributed by atoms with E-state index in [1.54, 1.807) is 0 Å². The molecular formula is C13H21NOS. The fourth-order valence-electron chi connectivity index (χ4n) is 1.34. The first kappa shape index (κ1) is 13.2. The van der Waals surface area contributed by atoms with Crippen molar-refractivity contribution in [3.05, 3.63) is 24.3 Å². The molecule has 0 bridgehead atoms. The number of rotatable bonds is 7. The Labute approximate surface area is 103 Å². The summed E-state index contributed by atoms with van der Waals surface area (Å²) in [6.07, 6.45) is 0.236. The van der Waals surface area contributed by atoms with Crippen molar-refractivity contribution in [1.29, 1.82) is 0 Å². The summed E-state index contributed by atoms with van der Waals surface area (Å²) >= 11 is 1.95. The maximum Gasteiger partial charge on any atom is 0.119 e. The monoisotopic (exact) mass is 239 g/mol. The molecule has 90 valence electrons. The summed E-state index contributed by atoms with van der Waals surface area (Å²) in [5.74, 6) is 3.27. The fraction of sp³-hybridized carbons (Fsp3) is 0.538. The molecule has 1 N–H and O–H groups in total. The highest BCUT2D eigenvalue weighted by molar-refractivity contribution is 7.99. The molecule has 0 aliphatic rings. The fourth-order valence-corrected chi connectivity index (χ4v) is 1.87. The highest BCUT2D eigenvalue weighted by Gasteiger charge is 1.97. The zero-order valence-corrected chi connectivity index (χ0v) is 11.1. The SMILES string of the molecule is CCSCCNc1ccc(OC(C)C)cc1. The maximum absolute atomic E-state index is 5.58. The normalized spacial score (nSPS) is 10.5. The molecule has 0 aromatic heterocycles. The molecule has 16 heavy (non-hydrogen) atoms. The summed E-state index contributed by atoms with van der Waals surface area (Å²) in [4.78, 5) is 0. The van der Waals surface area contributed by atoms with Crippen LogP contribution in [0.25, 0.3) is 0 Å². The number of anilines is 1. The molecule has 0 heterocycles. The number of ether oxygens (including phenoxy) is 1. The standard InChI is InChI=1S/C13H21NOS/c1-4-16-10-9-14-12-5-7-13(8-6-12)15-11(2)3/h5-8,11,14H,4,9-10H2,1-3H3. The molecule has 0 aliphatic heterocycles. The van der Waals surface area contributed by atoms with Crippen LogP contribution >= 0.6 is 11.8 Å². The Morgan fingerprint density at radius 1 is 1.25 bits per heavy atom. The molecule has 0 aliphatic carbocycles. The van der Waals surface area contributed by atoms with Gasteiger partial charge in [-0.1, -0.05) is 6.92 Å². The van der Waals surface area contributed by atoms with Gasteiger partial charge in [0.15, 0.2) is 0 Å². The van der Waals surface area contributed by atoms with Crippen molar-refractivity contribution >= 4 is 17.4 Å². The molecule has 0 fully saturated rings. The van der Waals surface area contributed by atoms with Crippen LogP contribution in [0.3, 0.4) is 0 Å². The second-order valence-corrected chi connectivity index (χ2v) is 5.21. The van der Waals surface area contributed by atoms with Gasteiger partial charge in [0.25, 0.3) is 0 Å². The van der Waals surface area contributed by atoms with Crippen molar-refractivity contribution in [2.24, 2.45) is 0 Å². The van der Waals surface area contributed by atoms with Crippen LogP contribution in [-0.2, 0) is 0 Å². The quantitative estimate of drug-likeness (QED) is 0.734. The van der Waals surface area contributed by atoms with Gasteiger partial charge in [0.05, 0.1) is 6.10 Å². The summed E-state index contributed by atoms with van der Waals surface area (Å²) < 4.78 is 5.58.